The van der Waals surface area contributed by atoms with Crippen molar-refractivity contribution in [3.8, 4) is 0 Å². The van der Waals surface area contributed by atoms with E-state index in [1.807, 2.05) is 6.92 Å². The summed E-state index contributed by atoms with van der Waals surface area (Å²) in [6.45, 7) is 2.39. The fourth-order valence-corrected chi connectivity index (χ4v) is 1.87. The number of anilines is 3. The average Bonchev–Trinajstić information content (AvgIpc) is 2.44. The summed E-state index contributed by atoms with van der Waals surface area (Å²) >= 11 is 5.69. The largest absolute Gasteiger partial charge is 0.370 e. The number of nitro groups is 1. The first-order valence-electron chi connectivity index (χ1n) is 6.12. The van der Waals surface area contributed by atoms with Crippen molar-refractivity contribution in [3.05, 3.63) is 51.3 Å². The Hall–Kier alpha value is -2.41. The van der Waals surface area contributed by atoms with Crippen LogP contribution in [0.4, 0.5) is 27.4 Å². The van der Waals surface area contributed by atoms with Gasteiger partial charge in [-0.05, 0) is 19.1 Å². The maximum atomic E-state index is 13.8. The van der Waals surface area contributed by atoms with E-state index in [9.17, 15) is 14.5 Å². The normalized spacial score (nSPS) is 10.2. The zero-order valence-electron chi connectivity index (χ0n) is 11.1. The first kappa shape index (κ1) is 15.0. The predicted octanol–water partition coefficient (Wildman–Crippen LogP) is 3.96. The fourth-order valence-electron chi connectivity index (χ4n) is 1.70. The molecule has 2 aromatic rings. The van der Waals surface area contributed by atoms with Crippen LogP contribution in [0.1, 0.15) is 6.92 Å². The van der Waals surface area contributed by atoms with Gasteiger partial charge >= 0.3 is 0 Å². The molecule has 1 aromatic carbocycles. The highest BCUT2D eigenvalue weighted by Crippen LogP contribution is 2.27. The zero-order chi connectivity index (χ0) is 15.4. The Balaban J connectivity index is 2.38. The molecule has 2 rings (SSSR count). The second-order valence-electron chi connectivity index (χ2n) is 4.11. The Kier molecular flexibility index (Phi) is 4.54. The van der Waals surface area contributed by atoms with Crippen LogP contribution >= 0.6 is 11.6 Å². The molecule has 21 heavy (non-hydrogen) atoms. The lowest BCUT2D eigenvalue weighted by Crippen LogP contribution is -2.04. The Morgan fingerprint density at radius 1 is 1.38 bits per heavy atom. The standard InChI is InChI=1S/C13H12ClFN4O2/c1-2-16-11-6-8(19(20)21)7-12(18-11)17-10-5-3-4-9(14)13(10)15/h3-7H,2H2,1H3,(H2,16,17,18). The summed E-state index contributed by atoms with van der Waals surface area (Å²) < 4.78 is 13.8. The molecule has 0 fully saturated rings. The van der Waals surface area contributed by atoms with Crippen LogP contribution in [0.25, 0.3) is 0 Å². The van der Waals surface area contributed by atoms with Gasteiger partial charge in [-0.15, -0.1) is 0 Å². The van der Waals surface area contributed by atoms with Crippen LogP contribution in [0.15, 0.2) is 30.3 Å². The molecule has 0 aliphatic carbocycles. The molecule has 0 radical (unpaired) electrons. The van der Waals surface area contributed by atoms with Crippen molar-refractivity contribution in [1.29, 1.82) is 0 Å². The lowest BCUT2D eigenvalue weighted by atomic mass is 10.3. The van der Waals surface area contributed by atoms with E-state index in [0.717, 1.165) is 0 Å². The molecule has 0 amide bonds. The van der Waals surface area contributed by atoms with Crippen LogP contribution in [-0.4, -0.2) is 16.5 Å². The second-order valence-corrected chi connectivity index (χ2v) is 4.52. The lowest BCUT2D eigenvalue weighted by Gasteiger charge is -2.09. The predicted molar refractivity (Wildman–Crippen MR) is 79.7 cm³/mol. The molecule has 8 heteroatoms. The van der Waals surface area contributed by atoms with Crippen LogP contribution in [0.3, 0.4) is 0 Å². The van der Waals surface area contributed by atoms with Crippen molar-refractivity contribution in [2.45, 2.75) is 6.92 Å². The van der Waals surface area contributed by atoms with E-state index in [-0.39, 0.29) is 22.2 Å². The van der Waals surface area contributed by atoms with Gasteiger partial charge in [-0.25, -0.2) is 9.37 Å². The average molecular weight is 311 g/mol. The van der Waals surface area contributed by atoms with Gasteiger partial charge in [0.05, 0.1) is 27.8 Å². The minimum absolute atomic E-state index is 0.0441. The fraction of sp³-hybridized carbons (Fsp3) is 0.154. The number of benzene rings is 1. The second kappa shape index (κ2) is 6.36. The molecule has 0 aliphatic heterocycles. The number of nitrogens with one attached hydrogen (secondary N) is 2. The van der Waals surface area contributed by atoms with Crippen molar-refractivity contribution in [1.82, 2.24) is 4.98 Å². The van der Waals surface area contributed by atoms with E-state index in [1.54, 1.807) is 6.07 Å². The van der Waals surface area contributed by atoms with E-state index in [0.29, 0.717) is 12.4 Å². The molecule has 0 bridgehead atoms. The summed E-state index contributed by atoms with van der Waals surface area (Å²) in [5.74, 6) is -0.157. The van der Waals surface area contributed by atoms with Crippen LogP contribution in [0.5, 0.6) is 0 Å². The quantitative estimate of drug-likeness (QED) is 0.645. The third kappa shape index (κ3) is 3.57. The first-order valence-corrected chi connectivity index (χ1v) is 6.50. The molecule has 1 heterocycles. The molecular weight excluding hydrogens is 299 g/mol. The minimum atomic E-state index is -0.641. The number of pyridine rings is 1. The topological polar surface area (TPSA) is 80.1 Å². The molecule has 0 atom stereocenters. The smallest absolute Gasteiger partial charge is 0.276 e. The summed E-state index contributed by atoms with van der Waals surface area (Å²) in [6, 6.07) is 6.97. The lowest BCUT2D eigenvalue weighted by molar-refractivity contribution is -0.384. The van der Waals surface area contributed by atoms with Crippen molar-refractivity contribution < 1.29 is 9.31 Å². The van der Waals surface area contributed by atoms with Gasteiger partial charge in [0.25, 0.3) is 5.69 Å². The van der Waals surface area contributed by atoms with Crippen LogP contribution in [0, 0.1) is 15.9 Å². The molecule has 1 aromatic heterocycles. The maximum absolute atomic E-state index is 13.8. The highest BCUT2D eigenvalue weighted by Gasteiger charge is 2.13. The van der Waals surface area contributed by atoms with Crippen LogP contribution in [0.2, 0.25) is 5.02 Å². The van der Waals surface area contributed by atoms with E-state index >= 15 is 0 Å². The van der Waals surface area contributed by atoms with E-state index in [2.05, 4.69) is 15.6 Å². The molecule has 0 spiro atoms. The molecule has 2 N–H and O–H groups in total. The Bertz CT molecular complexity index is 681. The van der Waals surface area contributed by atoms with Gasteiger partial charge in [-0.1, -0.05) is 17.7 Å². The number of halogens is 2. The summed E-state index contributed by atoms with van der Waals surface area (Å²) in [4.78, 5) is 14.5. The Labute approximate surface area is 125 Å². The summed E-state index contributed by atoms with van der Waals surface area (Å²) in [6.07, 6.45) is 0. The van der Waals surface area contributed by atoms with Gasteiger partial charge < -0.3 is 10.6 Å². The highest BCUT2D eigenvalue weighted by atomic mass is 35.5. The van der Waals surface area contributed by atoms with Crippen molar-refractivity contribution in [2.24, 2.45) is 0 Å². The molecule has 0 saturated heterocycles. The highest BCUT2D eigenvalue weighted by molar-refractivity contribution is 6.31. The number of hydrogen-bond acceptors (Lipinski definition) is 5. The molecule has 0 saturated carbocycles. The van der Waals surface area contributed by atoms with E-state index in [1.165, 1.54) is 24.3 Å². The molecule has 0 unspecified atom stereocenters. The van der Waals surface area contributed by atoms with Gasteiger partial charge in [-0.2, -0.15) is 0 Å². The van der Waals surface area contributed by atoms with E-state index in [4.69, 9.17) is 11.6 Å². The Morgan fingerprint density at radius 2 is 2.10 bits per heavy atom. The van der Waals surface area contributed by atoms with Gasteiger partial charge in [0.1, 0.15) is 11.6 Å². The molecule has 110 valence electrons. The van der Waals surface area contributed by atoms with Crippen LogP contribution < -0.4 is 10.6 Å². The molecular formula is C13H12ClFN4O2. The number of aromatic nitrogens is 1. The zero-order valence-corrected chi connectivity index (χ0v) is 11.8. The third-order valence-corrected chi connectivity index (χ3v) is 2.89. The molecule has 6 nitrogen and oxygen atoms in total. The maximum Gasteiger partial charge on any atom is 0.276 e. The van der Waals surface area contributed by atoms with E-state index < -0.39 is 10.7 Å². The monoisotopic (exact) mass is 310 g/mol. The van der Waals surface area contributed by atoms with Gasteiger partial charge in [0.2, 0.25) is 0 Å². The van der Waals surface area contributed by atoms with Gasteiger partial charge in [0, 0.05) is 6.54 Å². The van der Waals surface area contributed by atoms with Gasteiger partial charge in [0.15, 0.2) is 5.82 Å². The summed E-state index contributed by atoms with van der Waals surface area (Å²) in [5, 5.41) is 16.4. The third-order valence-electron chi connectivity index (χ3n) is 2.59. The Morgan fingerprint density at radius 3 is 2.76 bits per heavy atom. The first-order chi connectivity index (χ1) is 10.0. The summed E-state index contributed by atoms with van der Waals surface area (Å²) in [7, 11) is 0. The number of nitrogens with zero attached hydrogens (tertiary/aromatic N) is 2. The van der Waals surface area contributed by atoms with Crippen molar-refractivity contribution >= 4 is 34.6 Å². The minimum Gasteiger partial charge on any atom is -0.370 e. The van der Waals surface area contributed by atoms with Crippen molar-refractivity contribution in [2.75, 3.05) is 17.2 Å². The van der Waals surface area contributed by atoms with Crippen LogP contribution in [-0.2, 0) is 0 Å². The van der Waals surface area contributed by atoms with Gasteiger partial charge in [-0.3, -0.25) is 10.1 Å². The number of hydrogen-bond donors (Lipinski definition) is 2. The van der Waals surface area contributed by atoms with Crippen molar-refractivity contribution in [3.63, 3.8) is 0 Å². The summed E-state index contributed by atoms with van der Waals surface area (Å²) in [5.41, 5.74) is -0.0520. The number of rotatable bonds is 5. The SMILES string of the molecule is CCNc1cc([N+](=O)[O-])cc(Nc2cccc(Cl)c2F)n1. The molecule has 0 aliphatic rings.